The van der Waals surface area contributed by atoms with Gasteiger partial charge in [-0.1, -0.05) is 42.5 Å². The standard InChI is InChI=1S/C22H27BN4O4/c1-23(30)24-13-16-7-9-18(10-8-16)25-21(28)20-12-11-19-14-26(20)22(29)27(19)31-15-17-5-3-2-4-6-17/h2-10,19-20,24,30H,11-15H2,1H3,(H,25,28)/t19-,20+/m1/s1. The molecule has 9 heteroatoms. The Bertz CT molecular complexity index is 909. The second-order valence-electron chi connectivity index (χ2n) is 8.01. The zero-order chi connectivity index (χ0) is 21.8. The maximum absolute atomic E-state index is 12.9. The topological polar surface area (TPSA) is 94.1 Å². The minimum absolute atomic E-state index is 0.0269. The number of nitrogens with zero attached hydrogens (tertiary/aromatic N) is 2. The molecule has 2 heterocycles. The molecule has 2 atom stereocenters. The van der Waals surface area contributed by atoms with Gasteiger partial charge in [0, 0.05) is 18.8 Å². The highest BCUT2D eigenvalue weighted by molar-refractivity contribution is 6.45. The number of hydrogen-bond donors (Lipinski definition) is 3. The fraction of sp³-hybridized carbons (Fsp3) is 0.364. The van der Waals surface area contributed by atoms with Crippen LogP contribution in [-0.4, -0.2) is 52.6 Å². The van der Waals surface area contributed by atoms with Gasteiger partial charge in [0.1, 0.15) is 12.6 Å². The Labute approximate surface area is 182 Å². The van der Waals surface area contributed by atoms with E-state index in [-0.39, 0.29) is 18.0 Å². The third kappa shape index (κ3) is 5.07. The van der Waals surface area contributed by atoms with Crippen LogP contribution in [0.2, 0.25) is 6.82 Å². The van der Waals surface area contributed by atoms with Crippen LogP contribution < -0.4 is 10.5 Å². The molecule has 2 aliphatic rings. The first-order chi connectivity index (χ1) is 15.0. The monoisotopic (exact) mass is 422 g/mol. The van der Waals surface area contributed by atoms with Crippen LogP contribution in [0.15, 0.2) is 54.6 Å². The van der Waals surface area contributed by atoms with E-state index in [2.05, 4.69) is 10.5 Å². The van der Waals surface area contributed by atoms with Gasteiger partial charge in [-0.15, -0.1) is 0 Å². The average molecular weight is 422 g/mol. The molecule has 0 aromatic heterocycles. The van der Waals surface area contributed by atoms with Crippen molar-refractivity contribution >= 4 is 24.7 Å². The molecule has 162 valence electrons. The molecule has 8 nitrogen and oxygen atoms in total. The van der Waals surface area contributed by atoms with E-state index in [9.17, 15) is 14.6 Å². The van der Waals surface area contributed by atoms with Crippen molar-refractivity contribution in [2.24, 2.45) is 0 Å². The van der Waals surface area contributed by atoms with Crippen molar-refractivity contribution in [3.63, 3.8) is 0 Å². The maximum atomic E-state index is 12.9. The second kappa shape index (κ2) is 9.51. The Morgan fingerprint density at radius 1 is 1.13 bits per heavy atom. The minimum Gasteiger partial charge on any atom is -0.437 e. The number of hydrogen-bond acceptors (Lipinski definition) is 5. The molecule has 0 unspecified atom stereocenters. The highest BCUT2D eigenvalue weighted by Crippen LogP contribution is 2.31. The van der Waals surface area contributed by atoms with E-state index in [0.717, 1.165) is 17.5 Å². The largest absolute Gasteiger partial charge is 0.437 e. The van der Waals surface area contributed by atoms with Crippen LogP contribution in [0.4, 0.5) is 10.5 Å². The summed E-state index contributed by atoms with van der Waals surface area (Å²) in [6.45, 7) is 3.02. The van der Waals surface area contributed by atoms with E-state index >= 15 is 0 Å². The van der Waals surface area contributed by atoms with E-state index in [1.54, 1.807) is 11.7 Å². The molecule has 3 amide bonds. The van der Waals surface area contributed by atoms with Gasteiger partial charge in [-0.3, -0.25) is 9.63 Å². The van der Waals surface area contributed by atoms with Gasteiger partial charge in [-0.2, -0.15) is 5.06 Å². The second-order valence-corrected chi connectivity index (χ2v) is 8.01. The number of rotatable bonds is 8. The summed E-state index contributed by atoms with van der Waals surface area (Å²) in [6.07, 6.45) is 1.32. The van der Waals surface area contributed by atoms with Crippen LogP contribution in [0.5, 0.6) is 0 Å². The Balaban J connectivity index is 1.33. The lowest BCUT2D eigenvalue weighted by atomic mass is 9.88. The van der Waals surface area contributed by atoms with Crippen LogP contribution in [0.3, 0.4) is 0 Å². The normalized spacial score (nSPS) is 20.1. The van der Waals surface area contributed by atoms with Crippen LogP contribution in [0.25, 0.3) is 0 Å². The van der Waals surface area contributed by atoms with Crippen molar-refractivity contribution in [3.05, 3.63) is 65.7 Å². The summed E-state index contributed by atoms with van der Waals surface area (Å²) in [7, 11) is -0.580. The molecular weight excluding hydrogens is 395 g/mol. The molecule has 31 heavy (non-hydrogen) atoms. The van der Waals surface area contributed by atoms with E-state index in [1.165, 1.54) is 5.06 Å². The number of hydroxylamine groups is 2. The van der Waals surface area contributed by atoms with Crippen LogP contribution in [-0.2, 0) is 22.8 Å². The van der Waals surface area contributed by atoms with Crippen LogP contribution in [0.1, 0.15) is 24.0 Å². The van der Waals surface area contributed by atoms with Crippen LogP contribution >= 0.6 is 0 Å². The fourth-order valence-electron chi connectivity index (χ4n) is 3.99. The Morgan fingerprint density at radius 2 is 1.87 bits per heavy atom. The first-order valence-electron chi connectivity index (χ1n) is 10.6. The van der Waals surface area contributed by atoms with Gasteiger partial charge in [0.15, 0.2) is 0 Å². The molecule has 0 aliphatic carbocycles. The van der Waals surface area contributed by atoms with Gasteiger partial charge in [-0.05, 0) is 42.9 Å². The maximum Gasteiger partial charge on any atom is 0.373 e. The number of piperidine rings is 1. The number of fused-ring (bicyclic) bond motifs is 2. The van der Waals surface area contributed by atoms with Gasteiger partial charge in [0.2, 0.25) is 5.91 Å². The Kier molecular flexibility index (Phi) is 6.55. The number of urea groups is 1. The third-order valence-corrected chi connectivity index (χ3v) is 5.66. The SMILES string of the molecule is CB(O)NCc1ccc(NC(=O)[C@@H]2CC[C@@H]3CN2C(=O)N3OCc2ccccc2)cc1. The summed E-state index contributed by atoms with van der Waals surface area (Å²) >= 11 is 0. The van der Waals surface area contributed by atoms with Gasteiger partial charge in [0.05, 0.1) is 6.04 Å². The lowest BCUT2D eigenvalue weighted by molar-refractivity contribution is -0.140. The predicted molar refractivity (Wildman–Crippen MR) is 118 cm³/mol. The highest BCUT2D eigenvalue weighted by atomic mass is 16.7. The number of carbonyl (C=O) groups excluding carboxylic acids is 2. The van der Waals surface area contributed by atoms with Crippen molar-refractivity contribution in [1.29, 1.82) is 0 Å². The van der Waals surface area contributed by atoms with Crippen molar-refractivity contribution < 1.29 is 19.5 Å². The first kappa shape index (κ1) is 21.4. The number of amides is 3. The number of benzene rings is 2. The van der Waals surface area contributed by atoms with E-state index < -0.39 is 13.1 Å². The molecule has 0 saturated carbocycles. The van der Waals surface area contributed by atoms with Crippen molar-refractivity contribution in [2.75, 3.05) is 11.9 Å². The summed E-state index contributed by atoms with van der Waals surface area (Å²) < 4.78 is 0. The van der Waals surface area contributed by atoms with Crippen molar-refractivity contribution in [2.45, 2.75) is 44.9 Å². The quantitative estimate of drug-likeness (QED) is 0.568. The van der Waals surface area contributed by atoms with E-state index in [4.69, 9.17) is 4.84 Å². The Morgan fingerprint density at radius 3 is 2.58 bits per heavy atom. The minimum atomic E-state index is -0.580. The molecule has 0 radical (unpaired) electrons. The Hall–Kier alpha value is -2.88. The lowest BCUT2D eigenvalue weighted by Gasteiger charge is -2.29. The third-order valence-electron chi connectivity index (χ3n) is 5.66. The molecular formula is C22H27BN4O4. The van der Waals surface area contributed by atoms with Gasteiger partial charge in [0.25, 0.3) is 0 Å². The van der Waals surface area contributed by atoms with Crippen molar-refractivity contribution in [3.8, 4) is 0 Å². The smallest absolute Gasteiger partial charge is 0.373 e. The molecule has 2 aromatic carbocycles. The molecule has 2 bridgehead atoms. The summed E-state index contributed by atoms with van der Waals surface area (Å²) in [5.74, 6) is -0.188. The average Bonchev–Trinajstić information content (AvgIpc) is 3.02. The van der Waals surface area contributed by atoms with E-state index in [1.807, 2.05) is 54.6 Å². The molecule has 0 spiro atoms. The highest BCUT2D eigenvalue weighted by Gasteiger charge is 2.47. The van der Waals surface area contributed by atoms with E-state index in [0.29, 0.717) is 31.8 Å². The van der Waals surface area contributed by atoms with Crippen molar-refractivity contribution in [1.82, 2.24) is 15.2 Å². The molecule has 2 aromatic rings. The van der Waals surface area contributed by atoms with Crippen LogP contribution in [0, 0.1) is 0 Å². The molecule has 3 N–H and O–H groups in total. The number of carbonyl (C=O) groups is 2. The van der Waals surface area contributed by atoms with Gasteiger partial charge < -0.3 is 20.5 Å². The zero-order valence-electron chi connectivity index (χ0n) is 17.5. The zero-order valence-corrected chi connectivity index (χ0v) is 17.5. The summed E-state index contributed by atoms with van der Waals surface area (Å²) in [5.41, 5.74) is 2.67. The molecule has 2 fully saturated rings. The molecule has 4 rings (SSSR count). The number of nitrogens with one attached hydrogen (secondary N) is 2. The summed E-state index contributed by atoms with van der Waals surface area (Å²) in [5, 5.41) is 16.6. The molecule has 2 aliphatic heterocycles. The van der Waals surface area contributed by atoms with Gasteiger partial charge >= 0.3 is 13.1 Å². The lowest BCUT2D eigenvalue weighted by Crippen LogP contribution is -2.47. The fourth-order valence-corrected chi connectivity index (χ4v) is 3.99. The predicted octanol–water partition coefficient (Wildman–Crippen LogP) is 2.23. The first-order valence-corrected chi connectivity index (χ1v) is 10.6. The number of anilines is 1. The summed E-state index contributed by atoms with van der Waals surface area (Å²) in [6, 6.07) is 16.4. The molecule has 2 saturated heterocycles. The summed E-state index contributed by atoms with van der Waals surface area (Å²) in [4.78, 5) is 33.2. The van der Waals surface area contributed by atoms with Gasteiger partial charge in [-0.25, -0.2) is 4.79 Å².